The van der Waals surface area contributed by atoms with Crippen LogP contribution in [0.1, 0.15) is 49.1 Å². The van der Waals surface area contributed by atoms with Gasteiger partial charge in [-0.05, 0) is 75.2 Å². The summed E-state index contributed by atoms with van der Waals surface area (Å²) in [7, 11) is 2.18. The number of carbonyl (C=O) groups excluding carboxylic acids is 1. The third-order valence-corrected chi connectivity index (χ3v) is 6.72. The molecule has 5 heteroatoms. The van der Waals surface area contributed by atoms with Gasteiger partial charge in [0.05, 0.1) is 12.1 Å². The van der Waals surface area contributed by atoms with Crippen molar-refractivity contribution < 1.29 is 4.79 Å². The van der Waals surface area contributed by atoms with Crippen LogP contribution in [-0.4, -0.2) is 49.1 Å². The van der Waals surface area contributed by atoms with Crippen molar-refractivity contribution in [3.63, 3.8) is 0 Å². The molecule has 4 rings (SSSR count). The van der Waals surface area contributed by atoms with Crippen molar-refractivity contribution in [2.75, 3.05) is 20.1 Å². The predicted molar refractivity (Wildman–Crippen MR) is 105 cm³/mol. The molecule has 1 aromatic rings. The molecular formula is C22H30N4O. The highest BCUT2D eigenvalue weighted by atomic mass is 16.2. The van der Waals surface area contributed by atoms with Gasteiger partial charge in [0.15, 0.2) is 0 Å². The first-order chi connectivity index (χ1) is 13.1. The lowest BCUT2D eigenvalue weighted by atomic mass is 9.89. The van der Waals surface area contributed by atoms with Crippen molar-refractivity contribution >= 4 is 5.91 Å². The van der Waals surface area contributed by atoms with Gasteiger partial charge in [-0.25, -0.2) is 0 Å². The second-order valence-corrected chi connectivity index (χ2v) is 8.63. The first-order valence-electron chi connectivity index (χ1n) is 10.4. The molecule has 2 heterocycles. The van der Waals surface area contributed by atoms with Gasteiger partial charge in [-0.3, -0.25) is 4.79 Å². The van der Waals surface area contributed by atoms with Crippen molar-refractivity contribution in [3.8, 4) is 6.07 Å². The van der Waals surface area contributed by atoms with Crippen molar-refractivity contribution in [2.24, 2.45) is 5.92 Å². The highest BCUT2D eigenvalue weighted by Crippen LogP contribution is 2.35. The summed E-state index contributed by atoms with van der Waals surface area (Å²) in [6.07, 6.45) is 6.40. The number of benzene rings is 1. The van der Waals surface area contributed by atoms with E-state index >= 15 is 0 Å². The summed E-state index contributed by atoms with van der Waals surface area (Å²) in [5.41, 5.74) is 2.51. The number of carbonyl (C=O) groups is 1. The van der Waals surface area contributed by atoms with Crippen LogP contribution >= 0.6 is 0 Å². The highest BCUT2D eigenvalue weighted by Gasteiger charge is 2.43. The largest absolute Gasteiger partial charge is 0.339 e. The molecular weight excluding hydrogens is 336 g/mol. The lowest BCUT2D eigenvalue weighted by molar-refractivity contribution is -0.124. The Morgan fingerprint density at radius 2 is 2.00 bits per heavy atom. The summed E-state index contributed by atoms with van der Waals surface area (Å²) in [5, 5.41) is 15.9. The fourth-order valence-corrected chi connectivity index (χ4v) is 5.04. The minimum absolute atomic E-state index is 0.00306. The standard InChI is InChI=1S/C22H30N4O/c1-26-10-8-17(9-11-26)16-4-2-15(3-5-16)12-20(14-23)25-22(27)21-18-6-7-19(13-18)24-21/h2-5,17-21,24H,6-13H2,1H3,(H,25,27)/t18?,19?,20-,21?/m0/s1. The summed E-state index contributed by atoms with van der Waals surface area (Å²) in [6.45, 7) is 2.32. The molecule has 2 N–H and O–H groups in total. The Kier molecular flexibility index (Phi) is 5.47. The minimum Gasteiger partial charge on any atom is -0.339 e. The third kappa shape index (κ3) is 4.17. The van der Waals surface area contributed by atoms with Gasteiger partial charge in [-0.1, -0.05) is 24.3 Å². The molecule has 2 saturated heterocycles. The van der Waals surface area contributed by atoms with Gasteiger partial charge in [0, 0.05) is 12.5 Å². The Labute approximate surface area is 162 Å². The number of hydrogen-bond acceptors (Lipinski definition) is 4. The quantitative estimate of drug-likeness (QED) is 0.838. The van der Waals surface area contributed by atoms with E-state index in [1.54, 1.807) is 0 Å². The van der Waals surface area contributed by atoms with Gasteiger partial charge < -0.3 is 15.5 Å². The highest BCUT2D eigenvalue weighted by molar-refractivity contribution is 5.83. The molecule has 3 unspecified atom stereocenters. The van der Waals surface area contributed by atoms with E-state index in [2.05, 4.69) is 52.9 Å². The van der Waals surface area contributed by atoms with Gasteiger partial charge in [0.1, 0.15) is 6.04 Å². The van der Waals surface area contributed by atoms with Crippen molar-refractivity contribution in [3.05, 3.63) is 35.4 Å². The molecule has 0 radical (unpaired) electrons. The van der Waals surface area contributed by atoms with Crippen LogP contribution in [0, 0.1) is 17.2 Å². The van der Waals surface area contributed by atoms with Gasteiger partial charge >= 0.3 is 0 Å². The fraction of sp³-hybridized carbons (Fsp3) is 0.636. The minimum atomic E-state index is -0.465. The van der Waals surface area contributed by atoms with Crippen molar-refractivity contribution in [1.29, 1.82) is 5.26 Å². The molecule has 1 aliphatic carbocycles. The lowest BCUT2D eigenvalue weighted by Gasteiger charge is -2.29. The Hall–Kier alpha value is -1.90. The number of likely N-dealkylation sites (tertiary alicyclic amines) is 1. The summed E-state index contributed by atoms with van der Waals surface area (Å²) >= 11 is 0. The fourth-order valence-electron chi connectivity index (χ4n) is 5.04. The second kappa shape index (κ2) is 8.00. The molecule has 5 nitrogen and oxygen atoms in total. The third-order valence-electron chi connectivity index (χ3n) is 6.72. The number of fused-ring (bicyclic) bond motifs is 2. The molecule has 4 atom stereocenters. The molecule has 3 fully saturated rings. The van der Waals surface area contributed by atoms with E-state index in [0.29, 0.717) is 24.3 Å². The van der Waals surface area contributed by atoms with Crippen LogP contribution in [0.2, 0.25) is 0 Å². The molecule has 0 aromatic heterocycles. The average molecular weight is 367 g/mol. The van der Waals surface area contributed by atoms with E-state index in [0.717, 1.165) is 31.5 Å². The number of nitriles is 1. The Morgan fingerprint density at radius 3 is 2.59 bits per heavy atom. The normalized spacial score (nSPS) is 29.4. The van der Waals surface area contributed by atoms with E-state index in [1.165, 1.54) is 24.8 Å². The van der Waals surface area contributed by atoms with Crippen LogP contribution in [0.4, 0.5) is 0 Å². The lowest BCUT2D eigenvalue weighted by Crippen LogP contribution is -2.50. The van der Waals surface area contributed by atoms with Crippen LogP contribution in [0.15, 0.2) is 24.3 Å². The SMILES string of the molecule is CN1CCC(c2ccc(C[C@@H](C#N)NC(=O)C3NC4CCC3C4)cc2)CC1. The van der Waals surface area contributed by atoms with Gasteiger partial charge in [-0.15, -0.1) is 0 Å². The molecule has 1 aromatic carbocycles. The Morgan fingerprint density at radius 1 is 1.26 bits per heavy atom. The molecule has 1 saturated carbocycles. The average Bonchev–Trinajstić information content (AvgIpc) is 3.32. The smallest absolute Gasteiger partial charge is 0.238 e. The van der Waals surface area contributed by atoms with E-state index in [1.807, 2.05) is 0 Å². The van der Waals surface area contributed by atoms with Crippen LogP contribution in [0.25, 0.3) is 0 Å². The molecule has 3 aliphatic rings. The summed E-state index contributed by atoms with van der Waals surface area (Å²) in [4.78, 5) is 14.9. The van der Waals surface area contributed by atoms with Crippen molar-refractivity contribution in [1.82, 2.24) is 15.5 Å². The van der Waals surface area contributed by atoms with E-state index in [4.69, 9.17) is 0 Å². The maximum absolute atomic E-state index is 12.6. The number of nitrogens with one attached hydrogen (secondary N) is 2. The maximum Gasteiger partial charge on any atom is 0.238 e. The molecule has 1 amide bonds. The van der Waals surface area contributed by atoms with Crippen LogP contribution in [0.3, 0.4) is 0 Å². The molecule has 2 aliphatic heterocycles. The predicted octanol–water partition coefficient (Wildman–Crippen LogP) is 2.19. The van der Waals surface area contributed by atoms with Crippen molar-refractivity contribution in [2.45, 2.75) is 62.6 Å². The van der Waals surface area contributed by atoms with E-state index in [-0.39, 0.29) is 11.9 Å². The van der Waals surface area contributed by atoms with Crippen LogP contribution < -0.4 is 10.6 Å². The van der Waals surface area contributed by atoms with Gasteiger partial charge in [0.2, 0.25) is 5.91 Å². The van der Waals surface area contributed by atoms with E-state index in [9.17, 15) is 10.1 Å². The number of hydrogen-bond donors (Lipinski definition) is 2. The Balaban J connectivity index is 1.32. The second-order valence-electron chi connectivity index (χ2n) is 8.63. The zero-order valence-corrected chi connectivity index (χ0v) is 16.2. The zero-order chi connectivity index (χ0) is 18.8. The first-order valence-corrected chi connectivity index (χ1v) is 10.4. The van der Waals surface area contributed by atoms with Gasteiger partial charge in [-0.2, -0.15) is 5.26 Å². The number of nitrogens with zero attached hydrogens (tertiary/aromatic N) is 2. The number of rotatable bonds is 5. The molecule has 0 spiro atoms. The molecule has 2 bridgehead atoms. The zero-order valence-electron chi connectivity index (χ0n) is 16.2. The first kappa shape index (κ1) is 18.5. The summed E-state index contributed by atoms with van der Waals surface area (Å²) in [6, 6.07) is 10.9. The maximum atomic E-state index is 12.6. The van der Waals surface area contributed by atoms with Crippen LogP contribution in [-0.2, 0) is 11.2 Å². The topological polar surface area (TPSA) is 68.2 Å². The molecule has 144 valence electrons. The monoisotopic (exact) mass is 366 g/mol. The van der Waals surface area contributed by atoms with Crippen LogP contribution in [0.5, 0.6) is 0 Å². The number of piperidine rings is 2. The molecule has 27 heavy (non-hydrogen) atoms. The van der Waals surface area contributed by atoms with E-state index < -0.39 is 6.04 Å². The number of amides is 1. The summed E-state index contributed by atoms with van der Waals surface area (Å²) in [5.74, 6) is 1.09. The van der Waals surface area contributed by atoms with Gasteiger partial charge in [0.25, 0.3) is 0 Å². The summed E-state index contributed by atoms with van der Waals surface area (Å²) < 4.78 is 0. The Bertz CT molecular complexity index is 702.